The SMILES string of the molecule is CCc1nc(N2CCCC2)sc1CS. The van der Waals surface area contributed by atoms with Gasteiger partial charge in [0.05, 0.1) is 5.69 Å². The number of thiol groups is 1. The third kappa shape index (κ3) is 1.91. The maximum atomic E-state index is 4.68. The van der Waals surface area contributed by atoms with E-state index in [4.69, 9.17) is 0 Å². The van der Waals surface area contributed by atoms with Gasteiger partial charge in [-0.25, -0.2) is 4.98 Å². The van der Waals surface area contributed by atoms with Crippen molar-refractivity contribution in [2.75, 3.05) is 18.0 Å². The molecule has 0 unspecified atom stereocenters. The van der Waals surface area contributed by atoms with Gasteiger partial charge in [-0.2, -0.15) is 12.6 Å². The second-order valence-electron chi connectivity index (χ2n) is 3.57. The minimum Gasteiger partial charge on any atom is -0.348 e. The molecule has 0 aliphatic carbocycles. The van der Waals surface area contributed by atoms with Crippen molar-refractivity contribution in [1.82, 2.24) is 4.98 Å². The van der Waals surface area contributed by atoms with Gasteiger partial charge in [-0.3, -0.25) is 0 Å². The second-order valence-corrected chi connectivity index (χ2v) is 4.95. The lowest BCUT2D eigenvalue weighted by molar-refractivity contribution is 0.938. The molecular weight excluding hydrogens is 212 g/mol. The fourth-order valence-electron chi connectivity index (χ4n) is 1.81. The molecule has 14 heavy (non-hydrogen) atoms. The molecule has 0 N–H and O–H groups in total. The molecule has 0 spiro atoms. The summed E-state index contributed by atoms with van der Waals surface area (Å²) < 4.78 is 0. The molecule has 2 rings (SSSR count). The van der Waals surface area contributed by atoms with Crippen molar-refractivity contribution in [2.24, 2.45) is 0 Å². The highest BCUT2D eigenvalue weighted by Crippen LogP contribution is 2.29. The Morgan fingerprint density at radius 3 is 2.64 bits per heavy atom. The Kier molecular flexibility index (Phi) is 3.34. The van der Waals surface area contributed by atoms with Crippen molar-refractivity contribution < 1.29 is 0 Å². The zero-order valence-corrected chi connectivity index (χ0v) is 10.2. The van der Waals surface area contributed by atoms with E-state index in [0.29, 0.717) is 0 Å². The van der Waals surface area contributed by atoms with E-state index in [-0.39, 0.29) is 0 Å². The van der Waals surface area contributed by atoms with E-state index in [9.17, 15) is 0 Å². The molecular formula is C10H16N2S2. The summed E-state index contributed by atoms with van der Waals surface area (Å²) >= 11 is 6.16. The summed E-state index contributed by atoms with van der Waals surface area (Å²) in [4.78, 5) is 8.42. The Morgan fingerprint density at radius 2 is 2.14 bits per heavy atom. The lowest BCUT2D eigenvalue weighted by Gasteiger charge is -2.12. The van der Waals surface area contributed by atoms with E-state index in [2.05, 4.69) is 29.4 Å². The van der Waals surface area contributed by atoms with Gasteiger partial charge in [0.1, 0.15) is 0 Å². The molecule has 1 aromatic rings. The van der Waals surface area contributed by atoms with E-state index in [1.165, 1.54) is 41.6 Å². The van der Waals surface area contributed by atoms with Crippen LogP contribution < -0.4 is 4.90 Å². The van der Waals surface area contributed by atoms with Gasteiger partial charge in [-0.05, 0) is 19.3 Å². The Hall–Kier alpha value is -0.220. The molecule has 4 heteroatoms. The van der Waals surface area contributed by atoms with Crippen molar-refractivity contribution in [3.8, 4) is 0 Å². The summed E-state index contributed by atoms with van der Waals surface area (Å²) in [7, 11) is 0. The lowest BCUT2D eigenvalue weighted by Crippen LogP contribution is -2.17. The van der Waals surface area contributed by atoms with Crippen LogP contribution in [0.4, 0.5) is 5.13 Å². The number of hydrogen-bond acceptors (Lipinski definition) is 4. The van der Waals surface area contributed by atoms with Crippen molar-refractivity contribution >= 4 is 29.1 Å². The van der Waals surface area contributed by atoms with Crippen LogP contribution in [0.5, 0.6) is 0 Å². The normalized spacial score (nSPS) is 16.6. The molecule has 1 aromatic heterocycles. The van der Waals surface area contributed by atoms with Crippen LogP contribution in [0.2, 0.25) is 0 Å². The molecule has 1 aliphatic rings. The minimum absolute atomic E-state index is 0.828. The second kappa shape index (κ2) is 4.53. The van der Waals surface area contributed by atoms with Gasteiger partial charge < -0.3 is 4.90 Å². The lowest BCUT2D eigenvalue weighted by atomic mass is 10.3. The standard InChI is InChI=1S/C10H16N2S2/c1-2-8-9(7-13)14-10(11-8)12-5-3-4-6-12/h13H,2-7H2,1H3. The van der Waals surface area contributed by atoms with Crippen molar-refractivity contribution in [2.45, 2.75) is 31.9 Å². The van der Waals surface area contributed by atoms with Crippen LogP contribution in [0.1, 0.15) is 30.3 Å². The molecule has 1 fully saturated rings. The van der Waals surface area contributed by atoms with E-state index in [1.54, 1.807) is 0 Å². The first-order chi connectivity index (χ1) is 6.85. The topological polar surface area (TPSA) is 16.1 Å². The van der Waals surface area contributed by atoms with Gasteiger partial charge in [0, 0.05) is 23.7 Å². The number of aromatic nitrogens is 1. The van der Waals surface area contributed by atoms with Crippen LogP contribution in [0.3, 0.4) is 0 Å². The van der Waals surface area contributed by atoms with Gasteiger partial charge in [0.15, 0.2) is 5.13 Å². The fourth-order valence-corrected chi connectivity index (χ4v) is 3.25. The number of nitrogens with zero attached hydrogens (tertiary/aromatic N) is 2. The number of anilines is 1. The first kappa shape index (κ1) is 10.3. The van der Waals surface area contributed by atoms with Crippen LogP contribution in [0.25, 0.3) is 0 Å². The summed E-state index contributed by atoms with van der Waals surface area (Å²) in [5.74, 6) is 0.828. The molecule has 0 radical (unpaired) electrons. The van der Waals surface area contributed by atoms with Gasteiger partial charge in [0.25, 0.3) is 0 Å². The van der Waals surface area contributed by atoms with Crippen molar-refractivity contribution in [3.63, 3.8) is 0 Å². The molecule has 0 amide bonds. The van der Waals surface area contributed by atoms with Gasteiger partial charge in [-0.15, -0.1) is 11.3 Å². The third-order valence-corrected chi connectivity index (χ3v) is 4.31. The van der Waals surface area contributed by atoms with Gasteiger partial charge in [-0.1, -0.05) is 6.92 Å². The largest absolute Gasteiger partial charge is 0.348 e. The highest BCUT2D eigenvalue weighted by atomic mass is 32.1. The first-order valence-corrected chi connectivity index (χ1v) is 6.64. The Labute approximate surface area is 94.8 Å². The first-order valence-electron chi connectivity index (χ1n) is 5.19. The van der Waals surface area contributed by atoms with Crippen molar-refractivity contribution in [3.05, 3.63) is 10.6 Å². The quantitative estimate of drug-likeness (QED) is 0.801. The molecule has 1 aliphatic heterocycles. The zero-order chi connectivity index (χ0) is 9.97. The van der Waals surface area contributed by atoms with Crippen LogP contribution in [0, 0.1) is 0 Å². The number of rotatable bonds is 3. The maximum Gasteiger partial charge on any atom is 0.185 e. The van der Waals surface area contributed by atoms with E-state index < -0.39 is 0 Å². The van der Waals surface area contributed by atoms with Crippen molar-refractivity contribution in [1.29, 1.82) is 0 Å². The van der Waals surface area contributed by atoms with E-state index in [0.717, 1.165) is 12.2 Å². The van der Waals surface area contributed by atoms with Crippen LogP contribution in [0.15, 0.2) is 0 Å². The summed E-state index contributed by atoms with van der Waals surface area (Å²) in [5.41, 5.74) is 1.24. The summed E-state index contributed by atoms with van der Waals surface area (Å²) in [6.07, 6.45) is 3.66. The van der Waals surface area contributed by atoms with Crippen LogP contribution in [-0.4, -0.2) is 18.1 Å². The molecule has 0 atom stereocenters. The number of hydrogen-bond donors (Lipinski definition) is 1. The minimum atomic E-state index is 0.828. The average molecular weight is 228 g/mol. The van der Waals surface area contributed by atoms with Crippen LogP contribution >= 0.6 is 24.0 Å². The van der Waals surface area contributed by atoms with E-state index in [1.807, 2.05) is 11.3 Å². The molecule has 2 nitrogen and oxygen atoms in total. The average Bonchev–Trinajstić information content (AvgIpc) is 2.85. The van der Waals surface area contributed by atoms with Gasteiger partial charge in [0.2, 0.25) is 0 Å². The molecule has 0 aromatic carbocycles. The maximum absolute atomic E-state index is 4.68. The summed E-state index contributed by atoms with van der Waals surface area (Å²) in [5, 5.41) is 1.21. The zero-order valence-electron chi connectivity index (χ0n) is 8.49. The number of thiazole rings is 1. The Balaban J connectivity index is 2.21. The third-order valence-electron chi connectivity index (χ3n) is 2.62. The molecule has 2 heterocycles. The smallest absolute Gasteiger partial charge is 0.185 e. The summed E-state index contributed by atoms with van der Waals surface area (Å²) in [6, 6.07) is 0. The Bertz CT molecular complexity index is 282. The summed E-state index contributed by atoms with van der Waals surface area (Å²) in [6.45, 7) is 4.53. The predicted octanol–water partition coefficient (Wildman–Crippen LogP) is 2.74. The predicted molar refractivity (Wildman–Crippen MR) is 65.6 cm³/mol. The highest BCUT2D eigenvalue weighted by molar-refractivity contribution is 7.79. The number of aryl methyl sites for hydroxylation is 1. The van der Waals surface area contributed by atoms with Gasteiger partial charge >= 0.3 is 0 Å². The molecule has 0 saturated carbocycles. The van der Waals surface area contributed by atoms with E-state index >= 15 is 0 Å². The highest BCUT2D eigenvalue weighted by Gasteiger charge is 2.17. The molecule has 1 saturated heterocycles. The molecule has 78 valence electrons. The Morgan fingerprint density at radius 1 is 1.43 bits per heavy atom. The fraction of sp³-hybridized carbons (Fsp3) is 0.700. The van der Waals surface area contributed by atoms with Crippen LogP contribution in [-0.2, 0) is 12.2 Å². The molecule has 0 bridgehead atoms. The monoisotopic (exact) mass is 228 g/mol.